The Kier molecular flexibility index (Phi) is 3.76. The Bertz CT molecular complexity index is 278. The number of rotatable bonds is 3. The molecule has 0 unspecified atom stereocenters. The summed E-state index contributed by atoms with van der Waals surface area (Å²) in [7, 11) is -3.09. The van der Waals surface area contributed by atoms with Crippen LogP contribution in [0.1, 0.15) is 12.8 Å². The lowest BCUT2D eigenvalue weighted by Gasteiger charge is -2.21. The summed E-state index contributed by atoms with van der Waals surface area (Å²) in [5, 5.41) is -0.108. The van der Waals surface area contributed by atoms with Gasteiger partial charge >= 0.3 is 0 Å². The molecule has 0 aromatic heterocycles. The molecule has 0 aromatic carbocycles. The number of ether oxygens (including phenoxy) is 1. The van der Waals surface area contributed by atoms with Crippen LogP contribution in [0.3, 0.4) is 0 Å². The van der Waals surface area contributed by atoms with Crippen LogP contribution >= 0.6 is 11.6 Å². The van der Waals surface area contributed by atoms with Gasteiger partial charge in [0.15, 0.2) is 9.84 Å². The Hall–Kier alpha value is -0.0600. The zero-order valence-electron chi connectivity index (χ0n) is 7.33. The van der Waals surface area contributed by atoms with Gasteiger partial charge in [-0.1, -0.05) is 18.2 Å². The van der Waals surface area contributed by atoms with Crippen LogP contribution in [-0.4, -0.2) is 32.6 Å². The minimum Gasteiger partial charge on any atom is -0.381 e. The van der Waals surface area contributed by atoms with Crippen molar-refractivity contribution in [1.82, 2.24) is 0 Å². The van der Waals surface area contributed by atoms with Crippen molar-refractivity contribution in [3.8, 4) is 0 Å². The number of sulfone groups is 1. The van der Waals surface area contributed by atoms with Crippen LogP contribution in [-0.2, 0) is 14.6 Å². The molecule has 5 heteroatoms. The molecule has 0 aliphatic carbocycles. The average Bonchev–Trinajstić information content (AvgIpc) is 2.04. The summed E-state index contributed by atoms with van der Waals surface area (Å²) in [6.07, 6.45) is 1.15. The number of halogens is 1. The van der Waals surface area contributed by atoms with Gasteiger partial charge in [-0.2, -0.15) is 0 Å². The van der Waals surface area contributed by atoms with Crippen LogP contribution in [0, 0.1) is 0 Å². The van der Waals surface area contributed by atoms with Crippen LogP contribution in [0.25, 0.3) is 0 Å². The molecule has 0 bridgehead atoms. The van der Waals surface area contributed by atoms with Crippen LogP contribution in [0.15, 0.2) is 11.6 Å². The monoisotopic (exact) mass is 224 g/mol. The first-order chi connectivity index (χ1) is 6.02. The molecule has 0 spiro atoms. The highest BCUT2D eigenvalue weighted by atomic mass is 35.5. The first-order valence-corrected chi connectivity index (χ1v) is 6.24. The summed E-state index contributed by atoms with van der Waals surface area (Å²) in [4.78, 5) is 0. The molecular formula is C8H13ClO3S. The highest BCUT2D eigenvalue weighted by Gasteiger charge is 2.27. The lowest BCUT2D eigenvalue weighted by atomic mass is 10.2. The molecule has 1 aliphatic heterocycles. The summed E-state index contributed by atoms with van der Waals surface area (Å²) in [6.45, 7) is 4.44. The van der Waals surface area contributed by atoms with Crippen molar-refractivity contribution in [3.05, 3.63) is 11.6 Å². The molecular weight excluding hydrogens is 212 g/mol. The van der Waals surface area contributed by atoms with Crippen LogP contribution < -0.4 is 0 Å². The Morgan fingerprint density at radius 1 is 1.46 bits per heavy atom. The molecule has 13 heavy (non-hydrogen) atoms. The first kappa shape index (κ1) is 11.0. The van der Waals surface area contributed by atoms with Crippen molar-refractivity contribution >= 4 is 21.4 Å². The average molecular weight is 225 g/mol. The first-order valence-electron chi connectivity index (χ1n) is 4.15. The second-order valence-electron chi connectivity index (χ2n) is 3.14. The topological polar surface area (TPSA) is 43.4 Å². The third-order valence-corrected chi connectivity index (χ3v) is 4.56. The minimum absolute atomic E-state index is 0.112. The van der Waals surface area contributed by atoms with Gasteiger partial charge in [-0.15, -0.1) is 0 Å². The zero-order valence-corrected chi connectivity index (χ0v) is 8.90. The molecule has 1 heterocycles. The standard InChI is InChI=1S/C8H13ClO3S/c1-7(9)6-13(10,11)8-2-4-12-5-3-8/h8H,1-6H2. The largest absolute Gasteiger partial charge is 0.381 e. The van der Waals surface area contributed by atoms with Crippen molar-refractivity contribution in [3.63, 3.8) is 0 Å². The van der Waals surface area contributed by atoms with Crippen molar-refractivity contribution < 1.29 is 13.2 Å². The predicted molar refractivity (Wildman–Crippen MR) is 52.6 cm³/mol. The smallest absolute Gasteiger partial charge is 0.158 e. The maximum absolute atomic E-state index is 11.6. The van der Waals surface area contributed by atoms with E-state index in [2.05, 4.69) is 6.58 Å². The number of hydrogen-bond acceptors (Lipinski definition) is 3. The minimum atomic E-state index is -3.09. The van der Waals surface area contributed by atoms with E-state index in [4.69, 9.17) is 16.3 Å². The summed E-state index contributed by atoms with van der Waals surface area (Å²) in [5.74, 6) is -0.112. The van der Waals surface area contributed by atoms with E-state index in [1.54, 1.807) is 0 Å². The van der Waals surface area contributed by atoms with E-state index in [1.165, 1.54) is 0 Å². The van der Waals surface area contributed by atoms with Crippen LogP contribution in [0.4, 0.5) is 0 Å². The van der Waals surface area contributed by atoms with Crippen molar-refractivity contribution in [1.29, 1.82) is 0 Å². The van der Waals surface area contributed by atoms with E-state index >= 15 is 0 Å². The molecule has 1 fully saturated rings. The summed E-state index contributed by atoms with van der Waals surface area (Å²) < 4.78 is 28.3. The quantitative estimate of drug-likeness (QED) is 0.727. The molecule has 0 atom stereocenters. The third kappa shape index (κ3) is 3.29. The molecule has 0 saturated carbocycles. The fourth-order valence-corrected chi connectivity index (χ4v) is 3.41. The van der Waals surface area contributed by atoms with Gasteiger partial charge in [-0.25, -0.2) is 8.42 Å². The van der Waals surface area contributed by atoms with Crippen molar-refractivity contribution in [2.24, 2.45) is 0 Å². The van der Waals surface area contributed by atoms with Crippen LogP contribution in [0.2, 0.25) is 0 Å². The van der Waals surface area contributed by atoms with Gasteiger partial charge < -0.3 is 4.74 Å². The van der Waals surface area contributed by atoms with Gasteiger partial charge in [-0.05, 0) is 12.8 Å². The summed E-state index contributed by atoms with van der Waals surface area (Å²) in [6, 6.07) is 0. The Morgan fingerprint density at radius 2 is 2.00 bits per heavy atom. The zero-order chi connectivity index (χ0) is 9.90. The van der Waals surface area contributed by atoms with E-state index in [9.17, 15) is 8.42 Å². The van der Waals surface area contributed by atoms with Gasteiger partial charge in [0, 0.05) is 18.2 Å². The molecule has 0 N–H and O–H groups in total. The SMILES string of the molecule is C=C(Cl)CS(=O)(=O)C1CCOCC1. The fourth-order valence-electron chi connectivity index (χ4n) is 1.37. The second-order valence-corrected chi connectivity index (χ2v) is 5.95. The summed E-state index contributed by atoms with van der Waals surface area (Å²) >= 11 is 5.48. The fraction of sp³-hybridized carbons (Fsp3) is 0.750. The molecule has 3 nitrogen and oxygen atoms in total. The highest BCUT2D eigenvalue weighted by molar-refractivity contribution is 7.92. The Balaban J connectivity index is 2.62. The van der Waals surface area contributed by atoms with Gasteiger partial charge in [0.1, 0.15) is 0 Å². The molecule has 0 aromatic rings. The van der Waals surface area contributed by atoms with Gasteiger partial charge in [0.05, 0.1) is 11.0 Å². The van der Waals surface area contributed by atoms with Crippen LogP contribution in [0.5, 0.6) is 0 Å². The molecule has 76 valence electrons. The van der Waals surface area contributed by atoms with Crippen molar-refractivity contribution in [2.75, 3.05) is 19.0 Å². The molecule has 0 radical (unpaired) electrons. The lowest BCUT2D eigenvalue weighted by molar-refractivity contribution is 0.0984. The van der Waals surface area contributed by atoms with E-state index in [0.29, 0.717) is 26.1 Å². The normalized spacial score (nSPS) is 20.1. The van der Waals surface area contributed by atoms with Gasteiger partial charge in [-0.3, -0.25) is 0 Å². The maximum Gasteiger partial charge on any atom is 0.158 e. The lowest BCUT2D eigenvalue weighted by Crippen LogP contribution is -2.30. The molecule has 1 saturated heterocycles. The van der Waals surface area contributed by atoms with E-state index in [1.807, 2.05) is 0 Å². The predicted octanol–water partition coefficient (Wildman–Crippen LogP) is 1.33. The molecule has 0 amide bonds. The Morgan fingerprint density at radius 3 is 2.46 bits per heavy atom. The van der Waals surface area contributed by atoms with E-state index in [-0.39, 0.29) is 16.0 Å². The molecule has 1 aliphatic rings. The second kappa shape index (κ2) is 4.44. The van der Waals surface area contributed by atoms with E-state index in [0.717, 1.165) is 0 Å². The van der Waals surface area contributed by atoms with E-state index < -0.39 is 9.84 Å². The third-order valence-electron chi connectivity index (χ3n) is 2.03. The Labute approximate surface area is 83.6 Å². The van der Waals surface area contributed by atoms with Gasteiger partial charge in [0.2, 0.25) is 0 Å². The highest BCUT2D eigenvalue weighted by Crippen LogP contribution is 2.18. The van der Waals surface area contributed by atoms with Gasteiger partial charge in [0.25, 0.3) is 0 Å². The number of hydrogen-bond donors (Lipinski definition) is 0. The summed E-state index contributed by atoms with van der Waals surface area (Å²) in [5.41, 5.74) is 0. The van der Waals surface area contributed by atoms with Crippen molar-refractivity contribution in [2.45, 2.75) is 18.1 Å². The maximum atomic E-state index is 11.6. The molecule has 1 rings (SSSR count).